The number of aromatic hydroxyl groups is 1. The van der Waals surface area contributed by atoms with E-state index in [4.69, 9.17) is 0 Å². The van der Waals surface area contributed by atoms with Crippen LogP contribution in [-0.4, -0.2) is 11.4 Å². The van der Waals surface area contributed by atoms with Crippen molar-refractivity contribution in [3.05, 3.63) is 39.7 Å². The van der Waals surface area contributed by atoms with Crippen LogP contribution in [0.3, 0.4) is 0 Å². The fourth-order valence-corrected chi connectivity index (χ4v) is 1.59. The first-order chi connectivity index (χ1) is 8.34. The molecule has 0 radical (unpaired) electrons. The van der Waals surface area contributed by atoms with Crippen LogP contribution in [0, 0.1) is 0 Å². The molecule has 2 rings (SSSR count). The van der Waals surface area contributed by atoms with Crippen LogP contribution in [0.15, 0.2) is 27.4 Å². The molecule has 0 fully saturated rings. The van der Waals surface area contributed by atoms with E-state index in [2.05, 4.69) is 4.42 Å². The highest BCUT2D eigenvalue weighted by Gasteiger charge is 2.34. The number of benzene rings is 1. The van der Waals surface area contributed by atoms with E-state index >= 15 is 0 Å². The number of aldehydes is 1. The fourth-order valence-electron chi connectivity index (χ4n) is 1.59. The van der Waals surface area contributed by atoms with E-state index in [-0.39, 0.29) is 6.29 Å². The largest absolute Gasteiger partial charge is 0.507 e. The number of halogens is 3. The van der Waals surface area contributed by atoms with Crippen molar-refractivity contribution in [2.24, 2.45) is 0 Å². The van der Waals surface area contributed by atoms with Crippen LogP contribution in [0.25, 0.3) is 11.0 Å². The molecule has 0 atom stereocenters. The Hall–Kier alpha value is -2.31. The minimum atomic E-state index is -4.76. The van der Waals surface area contributed by atoms with Crippen molar-refractivity contribution in [2.45, 2.75) is 6.18 Å². The van der Waals surface area contributed by atoms with Crippen molar-refractivity contribution in [2.75, 3.05) is 0 Å². The smallest absolute Gasteiger partial charge is 0.417 e. The van der Waals surface area contributed by atoms with Gasteiger partial charge in [0.1, 0.15) is 5.75 Å². The Kier molecular flexibility index (Phi) is 2.61. The third-order valence-corrected chi connectivity index (χ3v) is 2.35. The molecule has 1 heterocycles. The number of hydrogen-bond acceptors (Lipinski definition) is 4. The molecule has 0 saturated heterocycles. The van der Waals surface area contributed by atoms with Gasteiger partial charge in [-0.25, -0.2) is 4.79 Å². The summed E-state index contributed by atoms with van der Waals surface area (Å²) >= 11 is 0. The Labute approximate surface area is 97.3 Å². The van der Waals surface area contributed by atoms with Gasteiger partial charge in [0.05, 0.1) is 11.1 Å². The van der Waals surface area contributed by atoms with Gasteiger partial charge in [0, 0.05) is 11.5 Å². The number of phenols is 1. The zero-order valence-electron chi connectivity index (χ0n) is 8.62. The molecule has 0 unspecified atom stereocenters. The molecule has 0 aliphatic heterocycles. The molecule has 1 N–H and O–H groups in total. The Morgan fingerprint density at radius 3 is 2.50 bits per heavy atom. The minimum Gasteiger partial charge on any atom is -0.507 e. The summed E-state index contributed by atoms with van der Waals surface area (Å²) in [4.78, 5) is 21.8. The van der Waals surface area contributed by atoms with E-state index in [1.165, 1.54) is 0 Å². The predicted molar refractivity (Wildman–Crippen MR) is 54.5 cm³/mol. The zero-order chi connectivity index (χ0) is 13.5. The SMILES string of the molecule is O=Cc1c(O)ccc2c(C(F)(F)F)cc(=O)oc12. The van der Waals surface area contributed by atoms with E-state index < -0.39 is 39.6 Å². The number of fused-ring (bicyclic) bond motifs is 1. The lowest BCUT2D eigenvalue weighted by Crippen LogP contribution is -2.11. The standard InChI is InChI=1S/C11H5F3O4/c12-11(13,14)7-3-9(17)18-10-5(7)1-2-8(16)6(10)4-15/h1-4,16H. The molecule has 2 aromatic rings. The molecule has 0 bridgehead atoms. The Bertz CT molecular complexity index is 685. The Morgan fingerprint density at radius 2 is 1.94 bits per heavy atom. The number of phenolic OH excluding ortho intramolecular Hbond substituents is 1. The van der Waals surface area contributed by atoms with E-state index in [1.807, 2.05) is 0 Å². The highest BCUT2D eigenvalue weighted by atomic mass is 19.4. The van der Waals surface area contributed by atoms with Gasteiger partial charge in [0.2, 0.25) is 0 Å². The second-order valence-electron chi connectivity index (χ2n) is 3.47. The summed E-state index contributed by atoms with van der Waals surface area (Å²) in [5, 5.41) is 8.86. The molecule has 0 aliphatic carbocycles. The first-order valence-corrected chi connectivity index (χ1v) is 4.67. The van der Waals surface area contributed by atoms with Gasteiger partial charge in [-0.15, -0.1) is 0 Å². The third-order valence-electron chi connectivity index (χ3n) is 2.35. The van der Waals surface area contributed by atoms with Crippen LogP contribution < -0.4 is 5.63 Å². The first kappa shape index (κ1) is 12.2. The fraction of sp³-hybridized carbons (Fsp3) is 0.0909. The molecular weight excluding hydrogens is 253 g/mol. The summed E-state index contributed by atoms with van der Waals surface area (Å²) in [5.41, 5.74) is -3.53. The Morgan fingerprint density at radius 1 is 1.28 bits per heavy atom. The molecule has 7 heteroatoms. The Balaban J connectivity index is 3.00. The summed E-state index contributed by atoms with van der Waals surface area (Å²) in [7, 11) is 0. The van der Waals surface area contributed by atoms with Crippen molar-refractivity contribution in [3.63, 3.8) is 0 Å². The van der Waals surface area contributed by atoms with Crippen LogP contribution in [0.4, 0.5) is 13.2 Å². The minimum absolute atomic E-state index is 0.126. The molecule has 1 aromatic carbocycles. The number of rotatable bonds is 1. The molecular formula is C11H5F3O4. The van der Waals surface area contributed by atoms with Crippen molar-refractivity contribution in [3.8, 4) is 5.75 Å². The summed E-state index contributed by atoms with van der Waals surface area (Å²) in [6, 6.07) is 2.17. The van der Waals surface area contributed by atoms with Gasteiger partial charge in [-0.2, -0.15) is 13.2 Å². The summed E-state index contributed by atoms with van der Waals surface area (Å²) in [6.07, 6.45) is -4.63. The summed E-state index contributed by atoms with van der Waals surface area (Å²) in [6.45, 7) is 0. The van der Waals surface area contributed by atoms with Gasteiger partial charge in [-0.05, 0) is 12.1 Å². The normalized spacial score (nSPS) is 11.7. The average Bonchev–Trinajstić information content (AvgIpc) is 2.26. The van der Waals surface area contributed by atoms with Gasteiger partial charge in [0.25, 0.3) is 0 Å². The number of carbonyl (C=O) groups excluding carboxylic acids is 1. The number of hydrogen-bond donors (Lipinski definition) is 1. The maximum absolute atomic E-state index is 12.7. The second kappa shape index (κ2) is 3.86. The van der Waals surface area contributed by atoms with Crippen molar-refractivity contribution in [1.82, 2.24) is 0 Å². The van der Waals surface area contributed by atoms with Gasteiger partial charge in [0.15, 0.2) is 11.9 Å². The van der Waals surface area contributed by atoms with E-state index in [9.17, 15) is 27.9 Å². The lowest BCUT2D eigenvalue weighted by atomic mass is 10.1. The van der Waals surface area contributed by atoms with Gasteiger partial charge in [-0.3, -0.25) is 4.79 Å². The van der Waals surface area contributed by atoms with Crippen LogP contribution in [-0.2, 0) is 6.18 Å². The first-order valence-electron chi connectivity index (χ1n) is 4.67. The highest BCUT2D eigenvalue weighted by molar-refractivity contribution is 5.98. The second-order valence-corrected chi connectivity index (χ2v) is 3.47. The third kappa shape index (κ3) is 1.83. The van der Waals surface area contributed by atoms with Gasteiger partial charge < -0.3 is 9.52 Å². The lowest BCUT2D eigenvalue weighted by Gasteiger charge is -2.10. The molecule has 0 spiro atoms. The van der Waals surface area contributed by atoms with E-state index in [0.29, 0.717) is 6.07 Å². The van der Waals surface area contributed by atoms with Crippen molar-refractivity contribution in [1.29, 1.82) is 0 Å². The highest BCUT2D eigenvalue weighted by Crippen LogP contribution is 2.36. The van der Waals surface area contributed by atoms with Crippen molar-refractivity contribution >= 4 is 17.3 Å². The van der Waals surface area contributed by atoms with Crippen LogP contribution >= 0.6 is 0 Å². The predicted octanol–water partition coefficient (Wildman–Crippen LogP) is 2.33. The molecule has 18 heavy (non-hydrogen) atoms. The van der Waals surface area contributed by atoms with Crippen LogP contribution in [0.1, 0.15) is 15.9 Å². The maximum atomic E-state index is 12.7. The van der Waals surface area contributed by atoms with Gasteiger partial charge >= 0.3 is 11.8 Å². The topological polar surface area (TPSA) is 67.5 Å². The molecule has 94 valence electrons. The number of carbonyl (C=O) groups is 1. The van der Waals surface area contributed by atoms with Gasteiger partial charge in [-0.1, -0.05) is 0 Å². The molecule has 4 nitrogen and oxygen atoms in total. The quantitative estimate of drug-likeness (QED) is 0.629. The molecule has 0 saturated carbocycles. The zero-order valence-corrected chi connectivity index (χ0v) is 8.62. The number of alkyl halides is 3. The molecule has 0 aliphatic rings. The van der Waals surface area contributed by atoms with Crippen LogP contribution in [0.5, 0.6) is 5.75 Å². The average molecular weight is 258 g/mol. The van der Waals surface area contributed by atoms with Crippen LogP contribution in [0.2, 0.25) is 0 Å². The summed E-state index contributed by atoms with van der Waals surface area (Å²) in [5.74, 6) is -0.556. The monoisotopic (exact) mass is 258 g/mol. The van der Waals surface area contributed by atoms with Crippen molar-refractivity contribution < 1.29 is 27.5 Å². The summed E-state index contributed by atoms with van der Waals surface area (Å²) < 4.78 is 42.7. The molecule has 1 aromatic heterocycles. The molecule has 0 amide bonds. The van der Waals surface area contributed by atoms with E-state index in [0.717, 1.165) is 12.1 Å². The maximum Gasteiger partial charge on any atom is 0.417 e. The van der Waals surface area contributed by atoms with E-state index in [1.54, 1.807) is 0 Å². The lowest BCUT2D eigenvalue weighted by molar-refractivity contribution is -0.136.